The van der Waals surface area contributed by atoms with Gasteiger partial charge in [0, 0.05) is 45.2 Å². The summed E-state index contributed by atoms with van der Waals surface area (Å²) in [6, 6.07) is 2.05. The number of aromatic nitrogens is 2. The van der Waals surface area contributed by atoms with E-state index >= 15 is 0 Å². The van der Waals surface area contributed by atoms with Gasteiger partial charge in [0.05, 0.1) is 12.2 Å². The van der Waals surface area contributed by atoms with Crippen LogP contribution in [0.4, 0.5) is 4.79 Å². The van der Waals surface area contributed by atoms with Crippen LogP contribution in [-0.4, -0.2) is 63.9 Å². The van der Waals surface area contributed by atoms with Gasteiger partial charge in [0.1, 0.15) is 5.60 Å². The summed E-state index contributed by atoms with van der Waals surface area (Å²) < 4.78 is 7.57. The standard InChI is InChI=1S/C18H28N4O3/c1-14-12-15(2)22(19-14)10-4-6-16(23)21-9-5-7-18(8-11-21)13-20(3)17(24)25-18/h12H,4-11,13H2,1-3H3. The minimum Gasteiger partial charge on any atom is -0.441 e. The average molecular weight is 348 g/mol. The van der Waals surface area contributed by atoms with Crippen LogP contribution < -0.4 is 0 Å². The number of rotatable bonds is 4. The summed E-state index contributed by atoms with van der Waals surface area (Å²) >= 11 is 0. The van der Waals surface area contributed by atoms with Gasteiger partial charge in [-0.3, -0.25) is 9.48 Å². The minimum atomic E-state index is -0.398. The summed E-state index contributed by atoms with van der Waals surface area (Å²) in [5.41, 5.74) is 1.75. The van der Waals surface area contributed by atoms with Crippen LogP contribution in [-0.2, 0) is 16.1 Å². The molecule has 0 saturated carbocycles. The zero-order valence-electron chi connectivity index (χ0n) is 15.5. The van der Waals surface area contributed by atoms with Crippen molar-refractivity contribution in [3.05, 3.63) is 17.5 Å². The molecule has 0 bridgehead atoms. The number of aryl methyl sites for hydroxylation is 3. The summed E-state index contributed by atoms with van der Waals surface area (Å²) in [5, 5.41) is 4.44. The average Bonchev–Trinajstić information content (AvgIpc) is 2.92. The van der Waals surface area contributed by atoms with Gasteiger partial charge in [-0.1, -0.05) is 0 Å². The highest BCUT2D eigenvalue weighted by Crippen LogP contribution is 2.32. The lowest BCUT2D eigenvalue weighted by Crippen LogP contribution is -2.36. The first-order valence-corrected chi connectivity index (χ1v) is 9.11. The molecule has 7 heteroatoms. The maximum absolute atomic E-state index is 12.5. The second kappa shape index (κ2) is 7.06. The first-order chi connectivity index (χ1) is 11.9. The highest BCUT2D eigenvalue weighted by atomic mass is 16.6. The molecule has 2 aliphatic heterocycles. The second-order valence-electron chi connectivity index (χ2n) is 7.40. The smallest absolute Gasteiger partial charge is 0.410 e. The van der Waals surface area contributed by atoms with Gasteiger partial charge < -0.3 is 14.5 Å². The molecule has 2 aliphatic rings. The number of ether oxygens (including phenoxy) is 1. The molecule has 0 radical (unpaired) electrons. The van der Waals surface area contributed by atoms with Gasteiger partial charge in [-0.15, -0.1) is 0 Å². The SMILES string of the molecule is Cc1cc(C)n(CCCC(=O)N2CCCC3(CC2)CN(C)C(=O)O3)n1. The molecule has 7 nitrogen and oxygen atoms in total. The molecular weight excluding hydrogens is 320 g/mol. The normalized spacial score (nSPS) is 23.9. The fourth-order valence-electron chi connectivity index (χ4n) is 3.91. The Morgan fingerprint density at radius 2 is 2.12 bits per heavy atom. The number of likely N-dealkylation sites (tertiary alicyclic amines) is 1. The monoisotopic (exact) mass is 348 g/mol. The van der Waals surface area contributed by atoms with E-state index in [0.717, 1.165) is 50.2 Å². The van der Waals surface area contributed by atoms with E-state index in [-0.39, 0.29) is 12.0 Å². The van der Waals surface area contributed by atoms with Crippen LogP contribution >= 0.6 is 0 Å². The van der Waals surface area contributed by atoms with E-state index in [2.05, 4.69) is 11.2 Å². The van der Waals surface area contributed by atoms with Crippen molar-refractivity contribution < 1.29 is 14.3 Å². The molecule has 3 rings (SSSR count). The molecule has 1 spiro atoms. The molecule has 3 heterocycles. The van der Waals surface area contributed by atoms with Crippen LogP contribution in [0, 0.1) is 13.8 Å². The number of nitrogens with zero attached hydrogens (tertiary/aromatic N) is 4. The van der Waals surface area contributed by atoms with Gasteiger partial charge in [-0.05, 0) is 39.2 Å². The number of likely N-dealkylation sites (N-methyl/N-ethyl adjacent to an activating group) is 1. The molecular formula is C18H28N4O3. The fraction of sp³-hybridized carbons (Fsp3) is 0.722. The van der Waals surface area contributed by atoms with Crippen molar-refractivity contribution in [3.63, 3.8) is 0 Å². The Balaban J connectivity index is 1.48. The summed E-state index contributed by atoms with van der Waals surface area (Å²) in [6.07, 6.45) is 3.52. The van der Waals surface area contributed by atoms with Crippen LogP contribution in [0.25, 0.3) is 0 Å². The lowest BCUT2D eigenvalue weighted by Gasteiger charge is -2.25. The Labute approximate surface area is 148 Å². The highest BCUT2D eigenvalue weighted by Gasteiger charge is 2.44. The molecule has 2 amide bonds. The Morgan fingerprint density at radius 3 is 2.76 bits per heavy atom. The van der Waals surface area contributed by atoms with Crippen LogP contribution in [0.15, 0.2) is 6.07 Å². The van der Waals surface area contributed by atoms with Gasteiger partial charge in [-0.2, -0.15) is 5.10 Å². The zero-order valence-corrected chi connectivity index (χ0v) is 15.5. The molecule has 138 valence electrons. The number of carbonyl (C=O) groups excluding carboxylic acids is 2. The Kier molecular flexibility index (Phi) is 5.01. The molecule has 0 N–H and O–H groups in total. The minimum absolute atomic E-state index is 0.191. The van der Waals surface area contributed by atoms with E-state index < -0.39 is 5.60 Å². The largest absolute Gasteiger partial charge is 0.441 e. The molecule has 0 aromatic carbocycles. The van der Waals surface area contributed by atoms with Crippen LogP contribution in [0.5, 0.6) is 0 Å². The molecule has 0 aliphatic carbocycles. The van der Waals surface area contributed by atoms with E-state index in [1.165, 1.54) is 0 Å². The third kappa shape index (κ3) is 3.96. The third-order valence-corrected chi connectivity index (χ3v) is 5.26. The molecule has 1 atom stereocenters. The predicted octanol–water partition coefficient (Wildman–Crippen LogP) is 2.11. The van der Waals surface area contributed by atoms with Gasteiger partial charge in [0.15, 0.2) is 0 Å². The lowest BCUT2D eigenvalue weighted by molar-refractivity contribution is -0.131. The molecule has 1 aromatic rings. The van der Waals surface area contributed by atoms with Crippen molar-refractivity contribution in [2.75, 3.05) is 26.7 Å². The molecule has 2 fully saturated rings. The van der Waals surface area contributed by atoms with E-state index in [4.69, 9.17) is 4.74 Å². The van der Waals surface area contributed by atoms with Gasteiger partial charge >= 0.3 is 6.09 Å². The number of hydrogen-bond donors (Lipinski definition) is 0. The van der Waals surface area contributed by atoms with Crippen molar-refractivity contribution in [3.8, 4) is 0 Å². The maximum atomic E-state index is 12.5. The number of amides is 2. The quantitative estimate of drug-likeness (QED) is 0.836. The molecule has 1 unspecified atom stereocenters. The first-order valence-electron chi connectivity index (χ1n) is 9.11. The van der Waals surface area contributed by atoms with E-state index in [9.17, 15) is 9.59 Å². The topological polar surface area (TPSA) is 67.7 Å². The zero-order chi connectivity index (χ0) is 18.0. The van der Waals surface area contributed by atoms with Crippen molar-refractivity contribution in [1.29, 1.82) is 0 Å². The van der Waals surface area contributed by atoms with Crippen LogP contribution in [0.1, 0.15) is 43.5 Å². The second-order valence-corrected chi connectivity index (χ2v) is 7.40. The fourth-order valence-corrected chi connectivity index (χ4v) is 3.91. The third-order valence-electron chi connectivity index (χ3n) is 5.26. The maximum Gasteiger partial charge on any atom is 0.410 e. The van der Waals surface area contributed by atoms with Crippen LogP contribution in [0.2, 0.25) is 0 Å². The van der Waals surface area contributed by atoms with E-state index in [1.54, 1.807) is 11.9 Å². The molecule has 2 saturated heterocycles. The van der Waals surface area contributed by atoms with Crippen molar-refractivity contribution in [2.45, 2.75) is 58.1 Å². The van der Waals surface area contributed by atoms with E-state index in [0.29, 0.717) is 19.5 Å². The lowest BCUT2D eigenvalue weighted by atomic mass is 9.95. The van der Waals surface area contributed by atoms with Crippen molar-refractivity contribution in [2.24, 2.45) is 0 Å². The van der Waals surface area contributed by atoms with E-state index in [1.807, 2.05) is 23.4 Å². The predicted molar refractivity (Wildman–Crippen MR) is 93.2 cm³/mol. The molecule has 25 heavy (non-hydrogen) atoms. The Morgan fingerprint density at radius 1 is 1.32 bits per heavy atom. The Bertz CT molecular complexity index is 657. The molecule has 1 aromatic heterocycles. The summed E-state index contributed by atoms with van der Waals surface area (Å²) in [7, 11) is 1.77. The number of carbonyl (C=O) groups is 2. The van der Waals surface area contributed by atoms with Crippen molar-refractivity contribution >= 4 is 12.0 Å². The number of hydrogen-bond acceptors (Lipinski definition) is 4. The summed E-state index contributed by atoms with van der Waals surface area (Å²) in [4.78, 5) is 27.8. The van der Waals surface area contributed by atoms with Crippen LogP contribution in [0.3, 0.4) is 0 Å². The Hall–Kier alpha value is -2.05. The van der Waals surface area contributed by atoms with Crippen molar-refractivity contribution in [1.82, 2.24) is 19.6 Å². The van der Waals surface area contributed by atoms with Gasteiger partial charge in [0.25, 0.3) is 0 Å². The van der Waals surface area contributed by atoms with Gasteiger partial charge in [0.2, 0.25) is 5.91 Å². The summed E-state index contributed by atoms with van der Waals surface area (Å²) in [5.74, 6) is 0.191. The first kappa shape index (κ1) is 17.8. The summed E-state index contributed by atoms with van der Waals surface area (Å²) in [6.45, 7) is 6.84. The van der Waals surface area contributed by atoms with Gasteiger partial charge in [-0.25, -0.2) is 4.79 Å². The highest BCUT2D eigenvalue weighted by molar-refractivity contribution is 5.76.